The molecule has 1 amide bonds. The molecule has 0 radical (unpaired) electrons. The number of amides is 1. The SMILES string of the molecule is O=C(Cc1ccc(F)cc1)Nc1nc2ccc(CC(=O)c3cscn3)cc2s1. The van der Waals surface area contributed by atoms with Gasteiger partial charge in [0.2, 0.25) is 5.91 Å². The number of nitrogens with zero attached hydrogens (tertiary/aromatic N) is 2. The van der Waals surface area contributed by atoms with Crippen LogP contribution in [0.5, 0.6) is 0 Å². The number of ketones is 1. The van der Waals surface area contributed by atoms with Crippen LogP contribution in [0.3, 0.4) is 0 Å². The molecule has 4 rings (SSSR count). The van der Waals surface area contributed by atoms with Crippen LogP contribution in [0.25, 0.3) is 10.2 Å². The zero-order valence-electron chi connectivity index (χ0n) is 14.5. The lowest BCUT2D eigenvalue weighted by Gasteiger charge is -2.01. The summed E-state index contributed by atoms with van der Waals surface area (Å²) in [6, 6.07) is 11.4. The fourth-order valence-corrected chi connectivity index (χ4v) is 4.21. The average Bonchev–Trinajstić information content (AvgIpc) is 3.32. The first-order chi connectivity index (χ1) is 13.6. The van der Waals surface area contributed by atoms with E-state index >= 15 is 0 Å². The van der Waals surface area contributed by atoms with Crippen molar-refractivity contribution in [3.8, 4) is 0 Å². The van der Waals surface area contributed by atoms with Gasteiger partial charge in [-0.1, -0.05) is 29.5 Å². The van der Waals surface area contributed by atoms with Crippen LogP contribution >= 0.6 is 22.7 Å². The van der Waals surface area contributed by atoms with Crippen LogP contribution in [0.15, 0.2) is 53.4 Å². The van der Waals surface area contributed by atoms with Crippen molar-refractivity contribution in [3.05, 3.63) is 76.0 Å². The summed E-state index contributed by atoms with van der Waals surface area (Å²) in [5.74, 6) is -0.582. The molecule has 5 nitrogen and oxygen atoms in total. The highest BCUT2D eigenvalue weighted by Gasteiger charge is 2.12. The molecule has 0 aliphatic rings. The Hall–Kier alpha value is -2.97. The van der Waals surface area contributed by atoms with Crippen molar-refractivity contribution < 1.29 is 14.0 Å². The van der Waals surface area contributed by atoms with E-state index in [1.807, 2.05) is 18.2 Å². The second-order valence-electron chi connectivity index (χ2n) is 6.15. The number of carbonyl (C=O) groups excluding carboxylic acids is 2. The van der Waals surface area contributed by atoms with Crippen LogP contribution in [0.2, 0.25) is 0 Å². The van der Waals surface area contributed by atoms with Gasteiger partial charge in [-0.15, -0.1) is 11.3 Å². The number of thiazole rings is 2. The minimum absolute atomic E-state index is 0.0297. The molecule has 140 valence electrons. The van der Waals surface area contributed by atoms with Crippen LogP contribution in [-0.2, 0) is 17.6 Å². The maximum absolute atomic E-state index is 12.9. The lowest BCUT2D eigenvalue weighted by Crippen LogP contribution is -2.14. The van der Waals surface area contributed by atoms with E-state index in [1.54, 1.807) is 23.0 Å². The van der Waals surface area contributed by atoms with Crippen LogP contribution in [0.4, 0.5) is 9.52 Å². The van der Waals surface area contributed by atoms with Gasteiger partial charge in [0, 0.05) is 11.8 Å². The lowest BCUT2D eigenvalue weighted by atomic mass is 10.1. The summed E-state index contributed by atoms with van der Waals surface area (Å²) in [4.78, 5) is 32.9. The summed E-state index contributed by atoms with van der Waals surface area (Å²) in [5.41, 5.74) is 4.47. The predicted octanol–water partition coefficient (Wildman–Crippen LogP) is 4.50. The van der Waals surface area contributed by atoms with E-state index in [2.05, 4.69) is 15.3 Å². The van der Waals surface area contributed by atoms with Crippen LogP contribution in [0, 0.1) is 5.82 Å². The largest absolute Gasteiger partial charge is 0.302 e. The molecule has 2 aromatic carbocycles. The third-order valence-corrected chi connectivity index (χ3v) is 5.58. The van der Waals surface area contributed by atoms with Crippen molar-refractivity contribution in [1.29, 1.82) is 0 Å². The van der Waals surface area contributed by atoms with Gasteiger partial charge in [0.05, 0.1) is 22.1 Å². The molecule has 0 aliphatic heterocycles. The zero-order chi connectivity index (χ0) is 19.5. The monoisotopic (exact) mass is 411 g/mol. The van der Waals surface area contributed by atoms with Crippen LogP contribution < -0.4 is 5.32 Å². The average molecular weight is 411 g/mol. The molecule has 8 heteroatoms. The van der Waals surface area contributed by atoms with E-state index in [0.717, 1.165) is 21.3 Å². The quantitative estimate of drug-likeness (QED) is 0.474. The third kappa shape index (κ3) is 4.29. The molecule has 0 aliphatic carbocycles. The Morgan fingerprint density at radius 1 is 1.04 bits per heavy atom. The number of anilines is 1. The van der Waals surface area contributed by atoms with Gasteiger partial charge in [-0.3, -0.25) is 9.59 Å². The molecule has 4 aromatic rings. The number of hydrogen-bond donors (Lipinski definition) is 1. The van der Waals surface area contributed by atoms with Gasteiger partial charge < -0.3 is 5.32 Å². The van der Waals surface area contributed by atoms with Crippen molar-refractivity contribution in [2.24, 2.45) is 0 Å². The van der Waals surface area contributed by atoms with Crippen molar-refractivity contribution in [2.75, 3.05) is 5.32 Å². The normalized spacial score (nSPS) is 10.9. The van der Waals surface area contributed by atoms with E-state index in [1.165, 1.54) is 34.8 Å². The fourth-order valence-electron chi connectivity index (χ4n) is 2.71. The number of carbonyl (C=O) groups is 2. The topological polar surface area (TPSA) is 72.0 Å². The summed E-state index contributed by atoms with van der Waals surface area (Å²) in [7, 11) is 0. The lowest BCUT2D eigenvalue weighted by molar-refractivity contribution is -0.115. The maximum atomic E-state index is 12.9. The Balaban J connectivity index is 1.44. The van der Waals surface area contributed by atoms with Gasteiger partial charge in [-0.25, -0.2) is 14.4 Å². The van der Waals surface area contributed by atoms with E-state index in [0.29, 0.717) is 10.8 Å². The van der Waals surface area contributed by atoms with Crippen LogP contribution in [0.1, 0.15) is 21.6 Å². The Morgan fingerprint density at radius 3 is 2.57 bits per heavy atom. The molecule has 1 N–H and O–H groups in total. The fraction of sp³-hybridized carbons (Fsp3) is 0.100. The number of aromatic nitrogens is 2. The smallest absolute Gasteiger partial charge is 0.230 e. The van der Waals surface area contributed by atoms with E-state index in [4.69, 9.17) is 0 Å². The molecule has 0 spiro atoms. The second kappa shape index (κ2) is 7.95. The van der Waals surface area contributed by atoms with Gasteiger partial charge in [-0.2, -0.15) is 0 Å². The molecule has 2 heterocycles. The second-order valence-corrected chi connectivity index (χ2v) is 7.90. The first-order valence-electron chi connectivity index (χ1n) is 8.42. The van der Waals surface area contributed by atoms with Gasteiger partial charge >= 0.3 is 0 Å². The van der Waals surface area contributed by atoms with Crippen molar-refractivity contribution in [1.82, 2.24) is 9.97 Å². The van der Waals surface area contributed by atoms with Gasteiger partial charge in [0.25, 0.3) is 0 Å². The number of rotatable bonds is 6. The zero-order valence-corrected chi connectivity index (χ0v) is 16.1. The first-order valence-corrected chi connectivity index (χ1v) is 10.2. The number of benzene rings is 2. The molecular weight excluding hydrogens is 397 g/mol. The molecule has 0 atom stereocenters. The molecule has 0 saturated carbocycles. The highest BCUT2D eigenvalue weighted by Crippen LogP contribution is 2.27. The van der Waals surface area contributed by atoms with Gasteiger partial charge in [0.15, 0.2) is 10.9 Å². The van der Waals surface area contributed by atoms with Gasteiger partial charge in [-0.05, 0) is 35.4 Å². The Morgan fingerprint density at radius 2 is 1.82 bits per heavy atom. The number of hydrogen-bond acceptors (Lipinski definition) is 6. The summed E-state index contributed by atoms with van der Waals surface area (Å²) in [5, 5.41) is 5.01. The van der Waals surface area contributed by atoms with E-state index in [9.17, 15) is 14.0 Å². The van der Waals surface area contributed by atoms with Crippen molar-refractivity contribution in [3.63, 3.8) is 0 Å². The van der Waals surface area contributed by atoms with E-state index in [-0.39, 0.29) is 30.3 Å². The minimum atomic E-state index is -0.334. The molecule has 0 saturated heterocycles. The Bertz CT molecular complexity index is 1140. The molecule has 0 bridgehead atoms. The number of nitrogens with one attached hydrogen (secondary N) is 1. The molecule has 0 unspecified atom stereocenters. The van der Waals surface area contributed by atoms with Crippen LogP contribution in [-0.4, -0.2) is 21.7 Å². The number of Topliss-reactive ketones (excluding diaryl/α,β-unsaturated/α-hetero) is 1. The summed E-state index contributed by atoms with van der Waals surface area (Å²) in [6.07, 6.45) is 0.410. The summed E-state index contributed by atoms with van der Waals surface area (Å²) in [6.45, 7) is 0. The molecule has 0 fully saturated rings. The highest BCUT2D eigenvalue weighted by atomic mass is 32.1. The number of fused-ring (bicyclic) bond motifs is 1. The predicted molar refractivity (Wildman–Crippen MR) is 109 cm³/mol. The first kappa shape index (κ1) is 18.4. The molecule has 28 heavy (non-hydrogen) atoms. The maximum Gasteiger partial charge on any atom is 0.230 e. The summed E-state index contributed by atoms with van der Waals surface area (Å²) < 4.78 is 13.8. The molecule has 2 aromatic heterocycles. The standard InChI is InChI=1S/C20H14FN3O2S2/c21-14-4-1-12(2-5-14)9-19(26)24-20-23-15-6-3-13(8-18(15)28-20)7-17(25)16-10-27-11-22-16/h1-6,8,10-11H,7,9H2,(H,23,24,26). The third-order valence-electron chi connectivity index (χ3n) is 4.06. The Labute approximate surface area is 167 Å². The van der Waals surface area contributed by atoms with Gasteiger partial charge in [0.1, 0.15) is 11.5 Å². The molecular formula is C20H14FN3O2S2. The minimum Gasteiger partial charge on any atom is -0.302 e. The Kier molecular flexibility index (Phi) is 5.23. The van der Waals surface area contributed by atoms with Crippen molar-refractivity contribution in [2.45, 2.75) is 12.8 Å². The summed E-state index contributed by atoms with van der Waals surface area (Å²) >= 11 is 2.74. The number of halogens is 1. The van der Waals surface area contributed by atoms with E-state index < -0.39 is 0 Å². The van der Waals surface area contributed by atoms with Crippen molar-refractivity contribution >= 4 is 49.7 Å². The highest BCUT2D eigenvalue weighted by molar-refractivity contribution is 7.22.